The zero-order valence-electron chi connectivity index (χ0n) is 12.8. The van der Waals surface area contributed by atoms with Crippen LogP contribution in [0.15, 0.2) is 41.3 Å². The third kappa shape index (κ3) is 3.99. The maximum atomic E-state index is 12.7. The zero-order chi connectivity index (χ0) is 18.1. The Labute approximate surface area is 181 Å². The quantitative estimate of drug-likeness (QED) is 0.332. The van der Waals surface area contributed by atoms with Gasteiger partial charge >= 0.3 is 0 Å². The lowest BCUT2D eigenvalue weighted by Crippen LogP contribution is -2.27. The molecule has 0 N–H and O–H groups in total. The van der Waals surface area contributed by atoms with E-state index in [9.17, 15) is 9.59 Å². The van der Waals surface area contributed by atoms with Crippen molar-refractivity contribution in [3.05, 3.63) is 59.0 Å². The molecule has 0 spiro atoms. The Morgan fingerprint density at radius 2 is 1.96 bits per heavy atom. The van der Waals surface area contributed by atoms with Crippen LogP contribution in [-0.4, -0.2) is 18.3 Å². The average Bonchev–Trinajstić information content (AvgIpc) is 2.81. The summed E-state index contributed by atoms with van der Waals surface area (Å²) in [5.74, 6) is 0.309. The van der Waals surface area contributed by atoms with E-state index in [1.165, 1.54) is 0 Å². The van der Waals surface area contributed by atoms with Gasteiger partial charge in [0.05, 0.1) is 21.3 Å². The van der Waals surface area contributed by atoms with E-state index in [4.69, 9.17) is 16.3 Å². The van der Waals surface area contributed by atoms with Gasteiger partial charge in [-0.05, 0) is 93.4 Å². The first kappa shape index (κ1) is 19.0. The van der Waals surface area contributed by atoms with Gasteiger partial charge in [0.25, 0.3) is 11.1 Å². The number of nitrogens with zero attached hydrogens (tertiary/aromatic N) is 1. The van der Waals surface area contributed by atoms with Crippen LogP contribution in [0.5, 0.6) is 5.75 Å². The third-order valence-electron chi connectivity index (χ3n) is 3.39. The van der Waals surface area contributed by atoms with Crippen molar-refractivity contribution in [2.45, 2.75) is 0 Å². The highest BCUT2D eigenvalue weighted by Gasteiger charge is 2.36. The van der Waals surface area contributed by atoms with Gasteiger partial charge in [-0.25, -0.2) is 4.90 Å². The summed E-state index contributed by atoms with van der Waals surface area (Å²) in [7, 11) is 1.58. The molecule has 1 aliphatic rings. The van der Waals surface area contributed by atoms with Crippen molar-refractivity contribution < 1.29 is 14.3 Å². The molecule has 0 unspecified atom stereocenters. The normalized spacial score (nSPS) is 16.0. The predicted octanol–water partition coefficient (Wildman–Crippen LogP) is 5.80. The topological polar surface area (TPSA) is 46.6 Å². The van der Waals surface area contributed by atoms with Crippen LogP contribution in [0.25, 0.3) is 6.08 Å². The first-order valence-corrected chi connectivity index (χ1v) is 10.3. The molecular weight excluding hydrogens is 588 g/mol. The molecule has 2 aromatic rings. The van der Waals surface area contributed by atoms with Gasteiger partial charge in [-0.1, -0.05) is 17.7 Å². The Balaban J connectivity index is 2.02. The molecule has 1 fully saturated rings. The molecule has 0 saturated carbocycles. The summed E-state index contributed by atoms with van der Waals surface area (Å²) in [4.78, 5) is 26.5. The van der Waals surface area contributed by atoms with E-state index in [2.05, 4.69) is 45.2 Å². The van der Waals surface area contributed by atoms with Crippen molar-refractivity contribution in [3.63, 3.8) is 0 Å². The zero-order valence-corrected chi connectivity index (χ0v) is 18.6. The average molecular weight is 598 g/mol. The summed E-state index contributed by atoms with van der Waals surface area (Å²) in [5.41, 5.74) is 1.22. The number of thioether (sulfide) groups is 1. The summed E-state index contributed by atoms with van der Waals surface area (Å²) >= 11 is 11.3. The Hall–Kier alpha value is -0.780. The van der Waals surface area contributed by atoms with Crippen LogP contribution < -0.4 is 9.64 Å². The highest BCUT2D eigenvalue weighted by Crippen LogP contribution is 2.38. The molecule has 25 heavy (non-hydrogen) atoms. The summed E-state index contributed by atoms with van der Waals surface area (Å²) in [6.45, 7) is 0. The van der Waals surface area contributed by atoms with E-state index in [1.54, 1.807) is 37.5 Å². The van der Waals surface area contributed by atoms with E-state index in [0.717, 1.165) is 29.4 Å². The van der Waals surface area contributed by atoms with Crippen LogP contribution in [0.4, 0.5) is 10.5 Å². The summed E-state index contributed by atoms with van der Waals surface area (Å²) in [6.07, 6.45) is 1.69. The SMILES string of the molecule is COc1c(I)cc(I)cc1/C=C1\SC(=O)N(c2cccc(Cl)c2)C1=O. The number of methoxy groups -OCH3 is 1. The Morgan fingerprint density at radius 3 is 2.64 bits per heavy atom. The number of hydrogen-bond donors (Lipinski definition) is 0. The molecule has 0 atom stereocenters. The standard InChI is InChI=1S/C17H10ClI2NO3S/c1-24-15-9(5-11(19)8-13(15)20)6-14-16(22)21(17(23)25-14)12-4-2-3-10(18)7-12/h2-8H,1H3/b14-6-. The predicted molar refractivity (Wildman–Crippen MR) is 118 cm³/mol. The van der Waals surface area contributed by atoms with Gasteiger partial charge in [0.2, 0.25) is 0 Å². The number of halogens is 3. The van der Waals surface area contributed by atoms with Crippen molar-refractivity contribution in [1.29, 1.82) is 0 Å². The molecule has 1 heterocycles. The second kappa shape index (κ2) is 7.85. The molecular formula is C17H10ClI2NO3S. The second-order valence-electron chi connectivity index (χ2n) is 5.01. The van der Waals surface area contributed by atoms with Gasteiger partial charge in [-0.2, -0.15) is 0 Å². The van der Waals surface area contributed by atoms with Crippen LogP contribution in [0, 0.1) is 7.14 Å². The first-order chi connectivity index (χ1) is 11.9. The molecule has 8 heteroatoms. The van der Waals surface area contributed by atoms with Crippen molar-refractivity contribution in [1.82, 2.24) is 0 Å². The van der Waals surface area contributed by atoms with E-state index in [-0.39, 0.29) is 11.1 Å². The van der Waals surface area contributed by atoms with Gasteiger partial charge in [0.1, 0.15) is 5.75 Å². The van der Waals surface area contributed by atoms with E-state index in [1.807, 2.05) is 12.1 Å². The highest BCUT2D eigenvalue weighted by atomic mass is 127. The number of ether oxygens (including phenoxy) is 1. The van der Waals surface area contributed by atoms with Crippen LogP contribution in [-0.2, 0) is 4.79 Å². The van der Waals surface area contributed by atoms with E-state index < -0.39 is 0 Å². The first-order valence-electron chi connectivity index (χ1n) is 6.97. The molecule has 0 radical (unpaired) electrons. The Kier molecular flexibility index (Phi) is 5.96. The fourth-order valence-electron chi connectivity index (χ4n) is 2.35. The summed E-state index contributed by atoms with van der Waals surface area (Å²) in [6, 6.07) is 10.6. The molecule has 4 nitrogen and oxygen atoms in total. The number of benzene rings is 2. The smallest absolute Gasteiger partial charge is 0.298 e. The lowest BCUT2D eigenvalue weighted by molar-refractivity contribution is -0.113. The van der Waals surface area contributed by atoms with Crippen molar-refractivity contribution >= 4 is 91.5 Å². The van der Waals surface area contributed by atoms with Gasteiger partial charge in [-0.15, -0.1) is 0 Å². The van der Waals surface area contributed by atoms with Gasteiger partial charge < -0.3 is 4.74 Å². The molecule has 128 valence electrons. The van der Waals surface area contributed by atoms with Crippen LogP contribution >= 0.6 is 68.5 Å². The van der Waals surface area contributed by atoms with Crippen LogP contribution in [0.2, 0.25) is 5.02 Å². The minimum Gasteiger partial charge on any atom is -0.495 e. The van der Waals surface area contributed by atoms with Crippen molar-refractivity contribution in [3.8, 4) is 5.75 Å². The van der Waals surface area contributed by atoms with Crippen molar-refractivity contribution in [2.75, 3.05) is 12.0 Å². The number of imide groups is 1. The summed E-state index contributed by atoms with van der Waals surface area (Å²) < 4.78 is 7.39. The minimum atomic E-state index is -0.367. The largest absolute Gasteiger partial charge is 0.495 e. The third-order valence-corrected chi connectivity index (χ3v) is 5.92. The molecule has 3 rings (SSSR count). The van der Waals surface area contributed by atoms with Gasteiger partial charge in [-0.3, -0.25) is 9.59 Å². The highest BCUT2D eigenvalue weighted by molar-refractivity contribution is 14.1. The molecule has 0 aromatic heterocycles. The van der Waals surface area contributed by atoms with E-state index in [0.29, 0.717) is 21.4 Å². The number of amides is 2. The fourth-order valence-corrected chi connectivity index (χ4v) is 5.48. The molecule has 1 aliphatic heterocycles. The molecule has 1 saturated heterocycles. The molecule has 0 bridgehead atoms. The molecule has 2 amide bonds. The lowest BCUT2D eigenvalue weighted by Gasteiger charge is -2.12. The maximum absolute atomic E-state index is 12.7. The molecule has 2 aromatic carbocycles. The van der Waals surface area contributed by atoms with E-state index >= 15 is 0 Å². The Morgan fingerprint density at radius 1 is 1.20 bits per heavy atom. The fraction of sp³-hybridized carbons (Fsp3) is 0.0588. The minimum absolute atomic E-state index is 0.348. The van der Waals surface area contributed by atoms with Gasteiger partial charge in [0.15, 0.2) is 0 Å². The lowest BCUT2D eigenvalue weighted by atomic mass is 10.2. The number of rotatable bonds is 3. The number of anilines is 1. The monoisotopic (exact) mass is 597 g/mol. The number of carbonyl (C=O) groups excluding carboxylic acids is 2. The molecule has 0 aliphatic carbocycles. The van der Waals surface area contributed by atoms with Gasteiger partial charge in [0, 0.05) is 14.2 Å². The second-order valence-corrected chi connectivity index (χ2v) is 8.84. The maximum Gasteiger partial charge on any atom is 0.298 e. The summed E-state index contributed by atoms with van der Waals surface area (Å²) in [5, 5.41) is 0.118. The van der Waals surface area contributed by atoms with Crippen LogP contribution in [0.1, 0.15) is 5.56 Å². The van der Waals surface area contributed by atoms with Crippen molar-refractivity contribution in [2.24, 2.45) is 0 Å². The Bertz CT molecular complexity index is 917. The van der Waals surface area contributed by atoms with Crippen LogP contribution in [0.3, 0.4) is 0 Å². The number of hydrogen-bond acceptors (Lipinski definition) is 4. The number of carbonyl (C=O) groups is 2.